The average molecular weight is 298 g/mol. The normalized spacial score (nSPS) is 12.7. The second-order valence-corrected chi connectivity index (χ2v) is 12.3. The molecule has 0 radical (unpaired) electrons. The summed E-state index contributed by atoms with van der Waals surface area (Å²) in [6.45, 7) is 11.9. The predicted octanol–water partition coefficient (Wildman–Crippen LogP) is 5.37. The summed E-state index contributed by atoms with van der Waals surface area (Å²) >= 11 is 0. The molecule has 0 spiro atoms. The van der Waals surface area contributed by atoms with E-state index in [0.29, 0.717) is 5.04 Å². The summed E-state index contributed by atoms with van der Waals surface area (Å²) in [5.74, 6) is 0. The van der Waals surface area contributed by atoms with Gasteiger partial charge in [-0.25, -0.2) is 0 Å². The monoisotopic (exact) mass is 297 g/mol. The number of benzene rings is 2. The highest BCUT2D eigenvalue weighted by Crippen LogP contribution is 2.36. The van der Waals surface area contributed by atoms with Crippen molar-refractivity contribution in [3.05, 3.63) is 71.8 Å². The second kappa shape index (κ2) is 6.16. The van der Waals surface area contributed by atoms with Crippen molar-refractivity contribution in [1.29, 1.82) is 0 Å². The Morgan fingerprint density at radius 2 is 1.14 bits per heavy atom. The zero-order valence-electron chi connectivity index (χ0n) is 13.9. The highest BCUT2D eigenvalue weighted by molar-refractivity contribution is 6.77. The van der Waals surface area contributed by atoms with E-state index in [4.69, 9.17) is 0 Å². The fraction of sp³-hybridized carbons (Fsp3) is 0.368. The Morgan fingerprint density at radius 3 is 1.48 bits per heavy atom. The van der Waals surface area contributed by atoms with Crippen LogP contribution in [-0.4, -0.2) is 8.24 Å². The van der Waals surface area contributed by atoms with Gasteiger partial charge in [0, 0.05) is 0 Å². The van der Waals surface area contributed by atoms with Crippen LogP contribution in [0.1, 0.15) is 37.9 Å². The number of hydrogen-bond acceptors (Lipinski definition) is 1. The zero-order chi connectivity index (χ0) is 15.5. The zero-order valence-corrected chi connectivity index (χ0v) is 14.9. The molecule has 0 fully saturated rings. The van der Waals surface area contributed by atoms with Crippen molar-refractivity contribution in [1.82, 2.24) is 4.98 Å². The largest absolute Gasteiger partial charge is 0.327 e. The first-order valence-electron chi connectivity index (χ1n) is 7.69. The quantitative estimate of drug-likeness (QED) is 0.748. The van der Waals surface area contributed by atoms with E-state index in [2.05, 4.69) is 99.5 Å². The Bertz CT molecular complexity index is 516. The molecule has 112 valence electrons. The number of rotatable bonds is 4. The van der Waals surface area contributed by atoms with E-state index < -0.39 is 8.24 Å². The molecule has 0 heterocycles. The predicted molar refractivity (Wildman–Crippen MR) is 95.1 cm³/mol. The maximum Gasteiger partial charge on any atom is 0.125 e. The van der Waals surface area contributed by atoms with E-state index in [1.807, 2.05) is 0 Å². The third-order valence-electron chi connectivity index (χ3n) is 4.65. The lowest BCUT2D eigenvalue weighted by molar-refractivity contribution is 0.654. The Balaban J connectivity index is 2.39. The van der Waals surface area contributed by atoms with E-state index in [1.54, 1.807) is 0 Å². The van der Waals surface area contributed by atoms with Gasteiger partial charge in [-0.15, -0.1) is 0 Å². The fourth-order valence-corrected chi connectivity index (χ4v) is 3.72. The van der Waals surface area contributed by atoms with E-state index in [0.717, 1.165) is 0 Å². The molecule has 0 aliphatic carbocycles. The van der Waals surface area contributed by atoms with Gasteiger partial charge in [-0.05, 0) is 16.2 Å². The summed E-state index contributed by atoms with van der Waals surface area (Å²) in [4.78, 5) is 4.00. The van der Waals surface area contributed by atoms with Gasteiger partial charge in [-0.2, -0.15) is 0 Å². The van der Waals surface area contributed by atoms with Gasteiger partial charge in [0.05, 0.1) is 6.04 Å². The molecule has 2 aromatic rings. The van der Waals surface area contributed by atoms with Crippen molar-refractivity contribution in [3.63, 3.8) is 0 Å². The molecule has 0 amide bonds. The molecule has 0 aliphatic heterocycles. The Labute approximate surface area is 130 Å². The fourth-order valence-electron chi connectivity index (χ4n) is 2.23. The highest BCUT2D eigenvalue weighted by atomic mass is 28.3. The third-order valence-corrected chi connectivity index (χ3v) is 9.41. The van der Waals surface area contributed by atoms with E-state index in [-0.39, 0.29) is 6.04 Å². The molecule has 0 unspecified atom stereocenters. The van der Waals surface area contributed by atoms with Crippen molar-refractivity contribution in [2.45, 2.75) is 44.9 Å². The van der Waals surface area contributed by atoms with Gasteiger partial charge in [0.25, 0.3) is 0 Å². The van der Waals surface area contributed by atoms with Gasteiger partial charge in [-0.3, -0.25) is 0 Å². The minimum Gasteiger partial charge on any atom is -0.327 e. The van der Waals surface area contributed by atoms with Crippen LogP contribution >= 0.6 is 0 Å². The van der Waals surface area contributed by atoms with E-state index >= 15 is 0 Å². The number of hydrogen-bond donors (Lipinski definition) is 1. The van der Waals surface area contributed by atoms with E-state index in [9.17, 15) is 0 Å². The third kappa shape index (κ3) is 3.83. The first-order valence-corrected chi connectivity index (χ1v) is 10.7. The van der Waals surface area contributed by atoms with Crippen LogP contribution in [-0.2, 0) is 0 Å². The summed E-state index contributed by atoms with van der Waals surface area (Å²) in [7, 11) is -1.58. The highest BCUT2D eigenvalue weighted by Gasteiger charge is 2.37. The maximum absolute atomic E-state index is 4.00. The molecule has 0 aromatic heterocycles. The van der Waals surface area contributed by atoms with Gasteiger partial charge in [-0.1, -0.05) is 94.5 Å². The summed E-state index contributed by atoms with van der Waals surface area (Å²) in [5, 5.41) is 0.314. The molecule has 1 N–H and O–H groups in total. The van der Waals surface area contributed by atoms with Crippen molar-refractivity contribution >= 4 is 8.24 Å². The SMILES string of the molecule is CC(C)(C)[Si](C)(C)NC(c1ccccc1)c1ccccc1. The molecule has 2 rings (SSSR count). The molecule has 0 bridgehead atoms. The van der Waals surface area contributed by atoms with Gasteiger partial charge >= 0.3 is 0 Å². The lowest BCUT2D eigenvalue weighted by atomic mass is 10.00. The Morgan fingerprint density at radius 1 is 0.762 bits per heavy atom. The van der Waals surface area contributed by atoms with Gasteiger partial charge in [0.2, 0.25) is 0 Å². The maximum atomic E-state index is 4.00. The van der Waals surface area contributed by atoms with Crippen LogP contribution in [0.25, 0.3) is 0 Å². The van der Waals surface area contributed by atoms with Crippen LogP contribution in [0.2, 0.25) is 18.1 Å². The first-order chi connectivity index (χ1) is 9.81. The molecule has 2 aromatic carbocycles. The van der Waals surface area contributed by atoms with Crippen molar-refractivity contribution in [2.75, 3.05) is 0 Å². The van der Waals surface area contributed by atoms with Crippen molar-refractivity contribution < 1.29 is 0 Å². The minimum absolute atomic E-state index is 0.272. The lowest BCUT2D eigenvalue weighted by Crippen LogP contribution is -2.53. The van der Waals surface area contributed by atoms with Crippen LogP contribution in [0.5, 0.6) is 0 Å². The lowest BCUT2D eigenvalue weighted by Gasteiger charge is -2.40. The number of nitrogens with one attached hydrogen (secondary N) is 1. The van der Waals surface area contributed by atoms with Crippen molar-refractivity contribution in [2.24, 2.45) is 0 Å². The molecule has 1 nitrogen and oxygen atoms in total. The van der Waals surface area contributed by atoms with Crippen LogP contribution in [0.4, 0.5) is 0 Å². The Kier molecular flexibility index (Phi) is 4.69. The summed E-state index contributed by atoms with van der Waals surface area (Å²) in [6, 6.07) is 21.8. The van der Waals surface area contributed by atoms with Gasteiger partial charge in [0.1, 0.15) is 8.24 Å². The molecular weight excluding hydrogens is 270 g/mol. The Hall–Kier alpha value is -1.38. The molecule has 0 saturated carbocycles. The molecule has 0 atom stereocenters. The summed E-state index contributed by atoms with van der Waals surface area (Å²) < 4.78 is 0. The topological polar surface area (TPSA) is 12.0 Å². The average Bonchev–Trinajstić information content (AvgIpc) is 2.45. The van der Waals surface area contributed by atoms with Gasteiger partial charge in [0.15, 0.2) is 0 Å². The van der Waals surface area contributed by atoms with Crippen LogP contribution < -0.4 is 4.98 Å². The molecule has 0 aliphatic rings. The van der Waals surface area contributed by atoms with Gasteiger partial charge < -0.3 is 4.98 Å². The summed E-state index contributed by atoms with van der Waals surface area (Å²) in [5.41, 5.74) is 2.68. The summed E-state index contributed by atoms with van der Waals surface area (Å²) in [6.07, 6.45) is 0. The smallest absolute Gasteiger partial charge is 0.125 e. The first kappa shape index (κ1) is 16.0. The van der Waals surface area contributed by atoms with E-state index in [1.165, 1.54) is 11.1 Å². The molecule has 2 heteroatoms. The second-order valence-electron chi connectivity index (χ2n) is 7.27. The minimum atomic E-state index is -1.58. The molecular formula is C19H27NSi. The molecule has 21 heavy (non-hydrogen) atoms. The van der Waals surface area contributed by atoms with Crippen LogP contribution in [0.15, 0.2) is 60.7 Å². The van der Waals surface area contributed by atoms with Crippen LogP contribution in [0.3, 0.4) is 0 Å². The van der Waals surface area contributed by atoms with Crippen molar-refractivity contribution in [3.8, 4) is 0 Å². The molecule has 0 saturated heterocycles. The van der Waals surface area contributed by atoms with Crippen LogP contribution in [0, 0.1) is 0 Å². The standard InChI is InChI=1S/C19H27NSi/c1-19(2,3)21(4,5)20-18(16-12-8-6-9-13-16)17-14-10-7-11-15-17/h6-15,18,20H,1-5H3.